The van der Waals surface area contributed by atoms with E-state index < -0.39 is 5.91 Å². The lowest BCUT2D eigenvalue weighted by Crippen LogP contribution is -3.00. The van der Waals surface area contributed by atoms with E-state index in [1.165, 1.54) is 0 Å². The molecule has 2 amide bonds. The van der Waals surface area contributed by atoms with Crippen molar-refractivity contribution in [1.82, 2.24) is 0 Å². The van der Waals surface area contributed by atoms with E-state index in [-0.39, 0.29) is 41.6 Å². The SMILES string of the molecule is C[N+](C)(C)C1CCC(C(=O)Nc2c(C(=O)Nc3ccc(Cl)cc3)oc3ccccc23)CC1.[I-]. The van der Waals surface area contributed by atoms with Gasteiger partial charge in [0.2, 0.25) is 11.7 Å². The van der Waals surface area contributed by atoms with Gasteiger partial charge in [-0.15, -0.1) is 0 Å². The van der Waals surface area contributed by atoms with E-state index >= 15 is 0 Å². The number of nitrogens with one attached hydrogen (secondary N) is 2. The fourth-order valence-corrected chi connectivity index (χ4v) is 4.51. The van der Waals surface area contributed by atoms with Gasteiger partial charge in [0.1, 0.15) is 11.3 Å². The Bertz CT molecular complexity index is 1130. The molecule has 1 aliphatic carbocycles. The van der Waals surface area contributed by atoms with Crippen molar-refractivity contribution in [3.05, 3.63) is 59.3 Å². The lowest BCUT2D eigenvalue weighted by atomic mass is 9.84. The maximum atomic E-state index is 13.1. The van der Waals surface area contributed by atoms with E-state index in [0.29, 0.717) is 33.4 Å². The number of halogens is 2. The maximum Gasteiger partial charge on any atom is 0.293 e. The summed E-state index contributed by atoms with van der Waals surface area (Å²) in [7, 11) is 6.61. The molecule has 0 unspecified atom stereocenters. The van der Waals surface area contributed by atoms with Gasteiger partial charge in [-0.25, -0.2) is 0 Å². The number of carbonyl (C=O) groups is 2. The first-order valence-corrected chi connectivity index (χ1v) is 11.3. The van der Waals surface area contributed by atoms with E-state index in [1.807, 2.05) is 18.2 Å². The first kappa shape index (κ1) is 25.5. The van der Waals surface area contributed by atoms with Crippen LogP contribution in [0.2, 0.25) is 5.02 Å². The smallest absolute Gasteiger partial charge is 0.293 e. The van der Waals surface area contributed by atoms with Gasteiger partial charge < -0.3 is 43.5 Å². The van der Waals surface area contributed by atoms with Crippen LogP contribution >= 0.6 is 11.6 Å². The van der Waals surface area contributed by atoms with Crippen LogP contribution in [0, 0.1) is 5.92 Å². The van der Waals surface area contributed by atoms with Gasteiger partial charge in [0.25, 0.3) is 5.91 Å². The summed E-state index contributed by atoms with van der Waals surface area (Å²) < 4.78 is 6.76. The Labute approximate surface area is 216 Å². The minimum atomic E-state index is -0.424. The van der Waals surface area contributed by atoms with E-state index in [2.05, 4.69) is 31.8 Å². The predicted octanol–water partition coefficient (Wildman–Crippen LogP) is 2.55. The van der Waals surface area contributed by atoms with Gasteiger partial charge in [0, 0.05) is 34.9 Å². The Balaban J connectivity index is 0.00000306. The third kappa shape index (κ3) is 5.88. The van der Waals surface area contributed by atoms with E-state index in [4.69, 9.17) is 16.0 Å². The molecule has 1 aliphatic rings. The normalized spacial score (nSPS) is 18.4. The van der Waals surface area contributed by atoms with Gasteiger partial charge in [-0.2, -0.15) is 0 Å². The van der Waals surface area contributed by atoms with Crippen LogP contribution in [0.3, 0.4) is 0 Å². The van der Waals surface area contributed by atoms with Crippen molar-refractivity contribution >= 4 is 45.8 Å². The number of benzene rings is 2. The van der Waals surface area contributed by atoms with Crippen LogP contribution in [0.15, 0.2) is 52.9 Å². The van der Waals surface area contributed by atoms with Crippen molar-refractivity contribution in [2.45, 2.75) is 31.7 Å². The minimum Gasteiger partial charge on any atom is -1.00 e. The van der Waals surface area contributed by atoms with Crippen LogP contribution in [0.25, 0.3) is 11.0 Å². The average molecular weight is 582 g/mol. The number of hydrogen-bond acceptors (Lipinski definition) is 3. The van der Waals surface area contributed by atoms with Crippen molar-refractivity contribution in [2.24, 2.45) is 5.92 Å². The largest absolute Gasteiger partial charge is 1.00 e. The van der Waals surface area contributed by atoms with Crippen LogP contribution in [0.4, 0.5) is 11.4 Å². The van der Waals surface area contributed by atoms with Crippen LogP contribution < -0.4 is 34.6 Å². The molecule has 0 spiro atoms. The quantitative estimate of drug-likeness (QED) is 0.360. The van der Waals surface area contributed by atoms with Crippen molar-refractivity contribution in [3.63, 3.8) is 0 Å². The summed E-state index contributed by atoms with van der Waals surface area (Å²) in [5.41, 5.74) is 1.57. The molecular formula is C25H29ClIN3O3. The summed E-state index contributed by atoms with van der Waals surface area (Å²) in [5, 5.41) is 7.12. The number of fused-ring (bicyclic) bond motifs is 1. The number of amides is 2. The van der Waals surface area contributed by atoms with Crippen molar-refractivity contribution in [2.75, 3.05) is 31.8 Å². The first-order chi connectivity index (χ1) is 15.2. The molecule has 1 aromatic heterocycles. The molecule has 0 radical (unpaired) electrons. The summed E-state index contributed by atoms with van der Waals surface area (Å²) in [6.45, 7) is 0. The summed E-state index contributed by atoms with van der Waals surface area (Å²) in [6.07, 6.45) is 3.71. The highest BCUT2D eigenvalue weighted by Gasteiger charge is 2.33. The highest BCUT2D eigenvalue weighted by molar-refractivity contribution is 6.30. The number of furan rings is 1. The van der Waals surface area contributed by atoms with Crippen molar-refractivity contribution in [1.29, 1.82) is 0 Å². The minimum absolute atomic E-state index is 0. The molecule has 1 saturated carbocycles. The zero-order chi connectivity index (χ0) is 22.9. The number of quaternary nitrogens is 1. The lowest BCUT2D eigenvalue weighted by Gasteiger charge is -2.38. The highest BCUT2D eigenvalue weighted by atomic mass is 127. The van der Waals surface area contributed by atoms with Gasteiger partial charge >= 0.3 is 0 Å². The van der Waals surface area contributed by atoms with Gasteiger partial charge in [-0.1, -0.05) is 23.7 Å². The van der Waals surface area contributed by atoms with Crippen LogP contribution in [-0.4, -0.2) is 43.5 Å². The molecule has 0 atom stereocenters. The van der Waals surface area contributed by atoms with Crippen LogP contribution in [0.5, 0.6) is 0 Å². The Morgan fingerprint density at radius 3 is 2.21 bits per heavy atom. The van der Waals surface area contributed by atoms with Crippen molar-refractivity contribution in [3.8, 4) is 0 Å². The molecule has 4 rings (SSSR count). The molecule has 1 heterocycles. The number of nitrogens with zero attached hydrogens (tertiary/aromatic N) is 1. The number of para-hydroxylation sites is 1. The Hall–Kier alpha value is -2.10. The van der Waals surface area contributed by atoms with Crippen molar-refractivity contribution < 1.29 is 42.5 Å². The molecular weight excluding hydrogens is 553 g/mol. The molecule has 1 fully saturated rings. The lowest BCUT2D eigenvalue weighted by molar-refractivity contribution is -0.897. The van der Waals surface area contributed by atoms with Gasteiger partial charge in [0.15, 0.2) is 0 Å². The van der Waals surface area contributed by atoms with E-state index in [1.54, 1.807) is 30.3 Å². The van der Waals surface area contributed by atoms with Gasteiger partial charge in [-0.3, -0.25) is 9.59 Å². The summed E-state index contributed by atoms with van der Waals surface area (Å²) >= 11 is 5.93. The Kier molecular flexibility index (Phi) is 8.08. The predicted molar refractivity (Wildman–Crippen MR) is 128 cm³/mol. The third-order valence-corrected chi connectivity index (χ3v) is 6.57. The number of hydrogen-bond donors (Lipinski definition) is 2. The maximum absolute atomic E-state index is 13.1. The zero-order valence-electron chi connectivity index (χ0n) is 19.0. The number of anilines is 2. The average Bonchev–Trinajstić information content (AvgIpc) is 3.13. The molecule has 2 N–H and O–H groups in total. The van der Waals surface area contributed by atoms with Gasteiger partial charge in [0.05, 0.1) is 27.2 Å². The molecule has 3 aromatic rings. The highest BCUT2D eigenvalue weighted by Crippen LogP contribution is 2.34. The number of carbonyl (C=O) groups excluding carboxylic acids is 2. The Morgan fingerprint density at radius 2 is 1.58 bits per heavy atom. The van der Waals surface area contributed by atoms with Crippen LogP contribution in [-0.2, 0) is 4.79 Å². The fraction of sp³-hybridized carbons (Fsp3) is 0.360. The molecule has 176 valence electrons. The second-order valence-electron chi connectivity index (χ2n) is 9.37. The molecule has 2 aromatic carbocycles. The van der Waals surface area contributed by atoms with E-state index in [9.17, 15) is 9.59 Å². The Morgan fingerprint density at radius 1 is 0.939 bits per heavy atom. The molecule has 8 heteroatoms. The topological polar surface area (TPSA) is 71.3 Å². The summed E-state index contributed by atoms with van der Waals surface area (Å²) in [4.78, 5) is 26.1. The molecule has 6 nitrogen and oxygen atoms in total. The zero-order valence-corrected chi connectivity index (χ0v) is 21.9. The molecule has 0 aliphatic heterocycles. The number of rotatable bonds is 5. The third-order valence-electron chi connectivity index (χ3n) is 6.31. The standard InChI is InChI=1S/C25H28ClN3O3.HI/c1-29(2,3)19-14-8-16(9-15-19)24(30)28-22-20-6-4-5-7-21(20)32-23(22)25(31)27-18-12-10-17(26)11-13-18;/h4-7,10-13,16,19H,8-9,14-15H2,1-3H3,(H-,27,28,30,31);1H. The molecule has 0 bridgehead atoms. The molecule has 33 heavy (non-hydrogen) atoms. The second-order valence-corrected chi connectivity index (χ2v) is 9.81. The first-order valence-electron chi connectivity index (χ1n) is 10.9. The van der Waals surface area contributed by atoms with E-state index in [0.717, 1.165) is 30.2 Å². The molecule has 0 saturated heterocycles. The van der Waals surface area contributed by atoms with Crippen LogP contribution in [0.1, 0.15) is 36.2 Å². The monoisotopic (exact) mass is 581 g/mol. The fourth-order valence-electron chi connectivity index (χ4n) is 4.39. The second kappa shape index (κ2) is 10.4. The summed E-state index contributed by atoms with van der Waals surface area (Å²) in [6, 6.07) is 14.7. The summed E-state index contributed by atoms with van der Waals surface area (Å²) in [5.74, 6) is -0.460. The van der Waals surface area contributed by atoms with Gasteiger partial charge in [-0.05, 0) is 49.2 Å².